The van der Waals surface area contributed by atoms with E-state index in [1.807, 2.05) is 99.1 Å². The lowest BCUT2D eigenvalue weighted by Crippen LogP contribution is -2.42. The molecule has 3 aromatic heterocycles. The molecule has 0 radical (unpaired) electrons. The molecule has 0 aliphatic carbocycles. The summed E-state index contributed by atoms with van der Waals surface area (Å²) in [4.78, 5) is 32.6. The number of carboxylic acid groups (broad SMARTS) is 1. The maximum absolute atomic E-state index is 15.5. The summed E-state index contributed by atoms with van der Waals surface area (Å²) in [6.07, 6.45) is 1.14. The molecule has 8 rings (SSSR count). The van der Waals surface area contributed by atoms with Crippen LogP contribution in [0.25, 0.3) is 32.9 Å². The number of hydrogen-bond donors (Lipinski definition) is 2. The fourth-order valence-corrected chi connectivity index (χ4v) is 9.98. The second-order valence-electron chi connectivity index (χ2n) is 18.2. The Morgan fingerprint density at radius 3 is 2.34 bits per heavy atom. The van der Waals surface area contributed by atoms with Gasteiger partial charge in [-0.25, -0.2) is 9.48 Å². The molecule has 0 spiro atoms. The number of aromatic amines is 1. The number of H-pyrrole nitrogens is 1. The van der Waals surface area contributed by atoms with Crippen molar-refractivity contribution in [3.8, 4) is 22.6 Å². The predicted molar refractivity (Wildman–Crippen MR) is 259 cm³/mol. The van der Waals surface area contributed by atoms with Gasteiger partial charge in [0.05, 0.1) is 34.0 Å². The number of nitrogens with one attached hydrogen (secondary N) is 1. The standard InChI is InChI=1S/C50H55Cl2N5O6Si/c1-29-21-36(22-30(2)45(29)52)62-18-12-15-38-39-16-17-40(51)44(43-32(4)54-56(33(43)5)28-61-19-20-64(6,7)8)47(39)57-31(3)26-55(49(58)48(38)57)42-25-37(63-27-34-13-10-9-11-14-34)23-35-24-41(50(59)60)53-46(35)42/h9-11,13-14,16-17,21-25,31,53H,12,15,18-20,26-28H2,1-8H3,(H,59,60). The molecule has 1 amide bonds. The number of aromatic nitrogens is 4. The number of ether oxygens (including phenoxy) is 3. The van der Waals surface area contributed by atoms with E-state index >= 15 is 4.79 Å². The summed E-state index contributed by atoms with van der Waals surface area (Å²) in [6.45, 7) is 19.1. The number of halogens is 2. The minimum absolute atomic E-state index is 0.0156. The fraction of sp³-hybridized carbons (Fsp3) is 0.340. The molecular weight excluding hydrogens is 866 g/mol. The maximum atomic E-state index is 15.5. The van der Waals surface area contributed by atoms with Gasteiger partial charge in [-0.1, -0.05) is 79.2 Å². The van der Waals surface area contributed by atoms with Crippen molar-refractivity contribution in [2.45, 2.75) is 92.5 Å². The predicted octanol–water partition coefficient (Wildman–Crippen LogP) is 12.3. The molecule has 2 N–H and O–H groups in total. The first-order chi connectivity index (χ1) is 30.5. The van der Waals surface area contributed by atoms with Gasteiger partial charge in [-0.3, -0.25) is 4.79 Å². The molecule has 7 aromatic rings. The van der Waals surface area contributed by atoms with Crippen molar-refractivity contribution in [1.29, 1.82) is 0 Å². The van der Waals surface area contributed by atoms with Gasteiger partial charge in [-0.2, -0.15) is 5.10 Å². The molecule has 4 aromatic carbocycles. The van der Waals surface area contributed by atoms with Crippen LogP contribution in [0, 0.1) is 27.7 Å². The Hall–Kier alpha value is -5.53. The summed E-state index contributed by atoms with van der Waals surface area (Å²) in [7, 11) is -1.28. The van der Waals surface area contributed by atoms with Crippen LogP contribution in [0.5, 0.6) is 11.5 Å². The van der Waals surface area contributed by atoms with E-state index in [9.17, 15) is 9.90 Å². The van der Waals surface area contributed by atoms with E-state index in [1.54, 1.807) is 11.0 Å². The number of rotatable bonds is 16. The number of carbonyl (C=O) groups excluding carboxylic acids is 1. The SMILES string of the molecule is Cc1cc(OCCCc2c3n(c4c(-c5c(C)nn(COCC[Si](C)(C)C)c5C)c(Cl)ccc24)C(C)CN(c2cc(OCc4ccccc4)cc4cc(C(=O)O)[nH]c24)C3=O)cc(C)c1Cl. The Balaban J connectivity index is 1.24. The summed E-state index contributed by atoms with van der Waals surface area (Å²) < 4.78 is 22.8. The fourth-order valence-electron chi connectivity index (χ4n) is 8.87. The molecule has 1 aliphatic rings. The lowest BCUT2D eigenvalue weighted by atomic mass is 9.98. The first kappa shape index (κ1) is 45.1. The molecule has 11 nitrogen and oxygen atoms in total. The van der Waals surface area contributed by atoms with Crippen LogP contribution in [0.2, 0.25) is 35.7 Å². The molecule has 1 aliphatic heterocycles. The highest BCUT2D eigenvalue weighted by atomic mass is 35.5. The smallest absolute Gasteiger partial charge is 0.352 e. The first-order valence-corrected chi connectivity index (χ1v) is 26.2. The van der Waals surface area contributed by atoms with Crippen LogP contribution in [0.3, 0.4) is 0 Å². The largest absolute Gasteiger partial charge is 0.494 e. The van der Waals surface area contributed by atoms with Crippen LogP contribution in [-0.4, -0.2) is 64.1 Å². The molecule has 0 saturated heterocycles. The lowest BCUT2D eigenvalue weighted by Gasteiger charge is -2.34. The third-order valence-electron chi connectivity index (χ3n) is 12.1. The second-order valence-corrected chi connectivity index (χ2v) is 24.6. The highest BCUT2D eigenvalue weighted by Gasteiger charge is 2.38. The maximum Gasteiger partial charge on any atom is 0.352 e. The van der Waals surface area contributed by atoms with Crippen LogP contribution in [-0.2, 0) is 24.5 Å². The van der Waals surface area contributed by atoms with E-state index in [-0.39, 0.29) is 17.6 Å². The Morgan fingerprint density at radius 2 is 1.64 bits per heavy atom. The topological polar surface area (TPSA) is 124 Å². The highest BCUT2D eigenvalue weighted by molar-refractivity contribution is 6.76. The van der Waals surface area contributed by atoms with E-state index < -0.39 is 14.0 Å². The van der Waals surface area contributed by atoms with Crippen molar-refractivity contribution in [3.63, 3.8) is 0 Å². The second kappa shape index (κ2) is 18.2. The minimum atomic E-state index is -1.28. The van der Waals surface area contributed by atoms with Crippen LogP contribution >= 0.6 is 23.2 Å². The number of carboxylic acids is 1. The Labute approximate surface area is 384 Å². The molecule has 14 heteroatoms. The van der Waals surface area contributed by atoms with Crippen LogP contribution in [0.15, 0.2) is 72.8 Å². The number of hydrogen-bond acceptors (Lipinski definition) is 6. The van der Waals surface area contributed by atoms with Crippen LogP contribution in [0.1, 0.15) is 74.0 Å². The average molecular weight is 921 g/mol. The average Bonchev–Trinajstić information content (AvgIpc) is 3.92. The number of nitrogens with zero attached hydrogens (tertiary/aromatic N) is 4. The van der Waals surface area contributed by atoms with Gasteiger partial charge in [-0.15, -0.1) is 0 Å². The van der Waals surface area contributed by atoms with Crippen LogP contribution in [0.4, 0.5) is 5.69 Å². The summed E-state index contributed by atoms with van der Waals surface area (Å²) >= 11 is 13.7. The van der Waals surface area contributed by atoms with E-state index in [2.05, 4.69) is 36.1 Å². The number of carbonyl (C=O) groups is 2. The molecular formula is C50H55Cl2N5O6Si. The molecule has 1 atom stereocenters. The number of benzene rings is 4. The van der Waals surface area contributed by atoms with E-state index in [0.29, 0.717) is 79.0 Å². The lowest BCUT2D eigenvalue weighted by molar-refractivity contribution is 0.0691. The van der Waals surface area contributed by atoms with Crippen molar-refractivity contribution < 1.29 is 28.9 Å². The Morgan fingerprint density at radius 1 is 0.922 bits per heavy atom. The molecule has 1 unspecified atom stereocenters. The Bertz CT molecular complexity index is 2890. The van der Waals surface area contributed by atoms with Crippen molar-refractivity contribution in [2.24, 2.45) is 0 Å². The Kier molecular flexibility index (Phi) is 12.8. The molecule has 0 fully saturated rings. The van der Waals surface area contributed by atoms with E-state index in [0.717, 1.165) is 72.5 Å². The normalized spacial score (nSPS) is 14.2. The van der Waals surface area contributed by atoms with Crippen molar-refractivity contribution in [3.05, 3.63) is 128 Å². The van der Waals surface area contributed by atoms with Gasteiger partial charge in [0, 0.05) is 65.9 Å². The summed E-state index contributed by atoms with van der Waals surface area (Å²) in [6, 6.07) is 23.7. The summed E-state index contributed by atoms with van der Waals surface area (Å²) in [5, 5.41) is 17.8. The van der Waals surface area contributed by atoms with Crippen molar-refractivity contribution in [2.75, 3.05) is 24.7 Å². The molecule has 0 saturated carbocycles. The van der Waals surface area contributed by atoms with E-state index in [1.165, 1.54) is 0 Å². The number of aryl methyl sites for hydroxylation is 4. The third kappa shape index (κ3) is 8.93. The monoisotopic (exact) mass is 919 g/mol. The zero-order valence-electron chi connectivity index (χ0n) is 37.7. The minimum Gasteiger partial charge on any atom is -0.494 e. The molecule has 64 heavy (non-hydrogen) atoms. The zero-order chi connectivity index (χ0) is 45.6. The quantitative estimate of drug-likeness (QED) is 0.0731. The number of amides is 1. The summed E-state index contributed by atoms with van der Waals surface area (Å²) in [5.74, 6) is -0.0626. The number of anilines is 1. The zero-order valence-corrected chi connectivity index (χ0v) is 40.2. The molecule has 334 valence electrons. The van der Waals surface area contributed by atoms with Gasteiger partial charge in [0.2, 0.25) is 0 Å². The number of aromatic carboxylic acids is 1. The van der Waals surface area contributed by atoms with E-state index in [4.69, 9.17) is 42.5 Å². The van der Waals surface area contributed by atoms with Gasteiger partial charge >= 0.3 is 5.97 Å². The highest BCUT2D eigenvalue weighted by Crippen LogP contribution is 2.46. The van der Waals surface area contributed by atoms with Crippen molar-refractivity contribution in [1.82, 2.24) is 19.3 Å². The van der Waals surface area contributed by atoms with Gasteiger partial charge in [0.25, 0.3) is 5.91 Å². The molecule has 4 heterocycles. The summed E-state index contributed by atoms with van der Waals surface area (Å²) in [5.41, 5.74) is 9.71. The van der Waals surface area contributed by atoms with Gasteiger partial charge in [-0.05, 0) is 106 Å². The van der Waals surface area contributed by atoms with Crippen LogP contribution < -0.4 is 14.4 Å². The molecule has 0 bridgehead atoms. The van der Waals surface area contributed by atoms with Gasteiger partial charge < -0.3 is 33.8 Å². The van der Waals surface area contributed by atoms with Crippen molar-refractivity contribution >= 4 is 70.6 Å². The first-order valence-electron chi connectivity index (χ1n) is 21.8. The van der Waals surface area contributed by atoms with Gasteiger partial charge in [0.1, 0.15) is 36.2 Å². The number of fused-ring (bicyclic) bond motifs is 4. The van der Waals surface area contributed by atoms with Gasteiger partial charge in [0.15, 0.2) is 0 Å². The third-order valence-corrected chi connectivity index (χ3v) is 14.7.